The van der Waals surface area contributed by atoms with E-state index in [0.717, 1.165) is 32.1 Å². The largest absolute Gasteiger partial charge is 0.503 e. The highest BCUT2D eigenvalue weighted by molar-refractivity contribution is 6.81. The van der Waals surface area contributed by atoms with Crippen molar-refractivity contribution in [2.75, 3.05) is 34.5 Å². The van der Waals surface area contributed by atoms with Crippen LogP contribution >= 0.6 is 0 Å². The number of halogens is 5. The third kappa shape index (κ3) is 8.06. The molecule has 216 valence electrons. The molecule has 0 N–H and O–H groups in total. The van der Waals surface area contributed by atoms with Crippen molar-refractivity contribution in [1.82, 2.24) is 0 Å². The van der Waals surface area contributed by atoms with Crippen LogP contribution in [0.2, 0.25) is 49.9 Å². The van der Waals surface area contributed by atoms with E-state index in [4.69, 9.17) is 22.4 Å². The Bertz CT molecular complexity index is 658. The van der Waals surface area contributed by atoms with E-state index < -0.39 is 43.9 Å². The quantitative estimate of drug-likeness (QED) is 0.0919. The van der Waals surface area contributed by atoms with Gasteiger partial charge in [0.1, 0.15) is 6.61 Å². The average molecular weight is 583 g/mol. The van der Waals surface area contributed by atoms with Crippen LogP contribution < -0.4 is 0 Å². The molecule has 5 nitrogen and oxygen atoms in total. The summed E-state index contributed by atoms with van der Waals surface area (Å²) in [5.41, 5.74) is -0.0176. The molecule has 3 unspecified atom stereocenters. The molecule has 1 aliphatic rings. The smallest absolute Gasteiger partial charge is 0.414 e. The Balaban J connectivity index is 3.38. The van der Waals surface area contributed by atoms with Gasteiger partial charge < -0.3 is 22.4 Å². The summed E-state index contributed by atoms with van der Waals surface area (Å²) >= 11 is 0. The SMILES string of the molecule is CO[Si](OC)(OC)C1CCCCCC1(C(CCCOCC(F)(F)C(F)(F)F)O[Si](C)(C)C)[Si](C)(C)C. The molecule has 1 saturated carbocycles. The molecule has 0 heterocycles. The van der Waals surface area contributed by atoms with E-state index in [1.165, 1.54) is 0 Å². The lowest BCUT2D eigenvalue weighted by Gasteiger charge is -2.57. The summed E-state index contributed by atoms with van der Waals surface area (Å²) in [7, 11) is -2.38. The first kappa shape index (κ1) is 34.1. The fourth-order valence-corrected chi connectivity index (χ4v) is 15.1. The van der Waals surface area contributed by atoms with Crippen LogP contribution in [0.15, 0.2) is 0 Å². The van der Waals surface area contributed by atoms with Gasteiger partial charge in [-0.3, -0.25) is 0 Å². The lowest BCUT2D eigenvalue weighted by atomic mass is 9.89. The standard InChI is InChI=1S/C23H47F5O5Si3/c1-29-36(30-2,31-3)20-15-11-10-12-16-21(20,34(4,5)6)19(33-35(7,8)9)14-13-17-32-18-22(24,25)23(26,27)28/h19-20H,10-18H2,1-9H3. The van der Waals surface area contributed by atoms with Gasteiger partial charge in [-0.25, -0.2) is 0 Å². The summed E-state index contributed by atoms with van der Waals surface area (Å²) in [4.78, 5) is 0. The summed E-state index contributed by atoms with van der Waals surface area (Å²) in [5.74, 6) is -4.87. The summed E-state index contributed by atoms with van der Waals surface area (Å²) in [5, 5.41) is -0.298. The van der Waals surface area contributed by atoms with Crippen molar-refractivity contribution in [3.63, 3.8) is 0 Å². The van der Waals surface area contributed by atoms with Crippen molar-refractivity contribution in [3.05, 3.63) is 0 Å². The van der Waals surface area contributed by atoms with Crippen molar-refractivity contribution in [3.8, 4) is 0 Å². The zero-order valence-corrected chi connectivity index (χ0v) is 26.4. The van der Waals surface area contributed by atoms with E-state index in [9.17, 15) is 22.0 Å². The summed E-state index contributed by atoms with van der Waals surface area (Å²) in [6.07, 6.45) is -0.197. The van der Waals surface area contributed by atoms with Crippen LogP contribution in [-0.4, -0.2) is 77.9 Å². The molecule has 0 aromatic heterocycles. The third-order valence-corrected chi connectivity index (χ3v) is 15.8. The molecule has 0 radical (unpaired) electrons. The van der Waals surface area contributed by atoms with Crippen LogP contribution in [0.1, 0.15) is 44.9 Å². The molecule has 1 aliphatic carbocycles. The number of rotatable bonds is 14. The van der Waals surface area contributed by atoms with Crippen LogP contribution in [0.5, 0.6) is 0 Å². The summed E-state index contributed by atoms with van der Waals surface area (Å²) in [6.45, 7) is 11.4. The van der Waals surface area contributed by atoms with Gasteiger partial charge in [0, 0.05) is 39.6 Å². The summed E-state index contributed by atoms with van der Waals surface area (Å²) in [6, 6.07) is 0. The van der Waals surface area contributed by atoms with Gasteiger partial charge in [0.05, 0.1) is 8.07 Å². The second kappa shape index (κ2) is 13.0. The molecule has 36 heavy (non-hydrogen) atoms. The molecule has 1 fully saturated rings. The molecule has 0 amide bonds. The summed E-state index contributed by atoms with van der Waals surface area (Å²) < 4.78 is 93.9. The Morgan fingerprint density at radius 2 is 1.42 bits per heavy atom. The second-order valence-electron chi connectivity index (χ2n) is 11.8. The van der Waals surface area contributed by atoms with Crippen molar-refractivity contribution in [2.24, 2.45) is 0 Å². The highest BCUT2D eigenvalue weighted by atomic mass is 28.4. The highest BCUT2D eigenvalue weighted by Gasteiger charge is 2.65. The monoisotopic (exact) mass is 582 g/mol. The minimum Gasteiger partial charge on any atom is -0.414 e. The molecule has 0 aromatic carbocycles. The van der Waals surface area contributed by atoms with Crippen LogP contribution in [-0.2, 0) is 22.4 Å². The first-order chi connectivity index (χ1) is 16.3. The fourth-order valence-electron chi connectivity index (χ4n) is 5.81. The minimum absolute atomic E-state index is 0.0176. The van der Waals surface area contributed by atoms with Gasteiger partial charge in [0.25, 0.3) is 0 Å². The highest BCUT2D eigenvalue weighted by Crippen LogP contribution is 2.64. The topological polar surface area (TPSA) is 46.2 Å². The normalized spacial score (nSPS) is 24.0. The maximum absolute atomic E-state index is 13.3. The predicted molar refractivity (Wildman–Crippen MR) is 139 cm³/mol. The molecule has 0 saturated heterocycles. The Morgan fingerprint density at radius 1 is 0.861 bits per heavy atom. The van der Waals surface area contributed by atoms with Crippen molar-refractivity contribution in [2.45, 2.75) is 113 Å². The van der Waals surface area contributed by atoms with Gasteiger partial charge in [-0.1, -0.05) is 38.9 Å². The van der Waals surface area contributed by atoms with Gasteiger partial charge in [-0.15, -0.1) is 0 Å². The second-order valence-corrected chi connectivity index (χ2v) is 24.8. The number of hydrogen-bond donors (Lipinski definition) is 0. The van der Waals surface area contributed by atoms with E-state index in [1.54, 1.807) is 21.3 Å². The van der Waals surface area contributed by atoms with E-state index in [-0.39, 0.29) is 23.3 Å². The maximum atomic E-state index is 13.3. The maximum Gasteiger partial charge on any atom is 0.503 e. The van der Waals surface area contributed by atoms with Gasteiger partial charge in [0.2, 0.25) is 0 Å². The van der Waals surface area contributed by atoms with E-state index in [1.807, 2.05) is 0 Å². The molecular formula is C23H47F5O5Si3. The van der Waals surface area contributed by atoms with E-state index in [2.05, 4.69) is 39.3 Å². The van der Waals surface area contributed by atoms with Crippen LogP contribution in [0.3, 0.4) is 0 Å². The Hall–Kier alpha value is 0.101. The predicted octanol–water partition coefficient (Wildman–Crippen LogP) is 7.49. The molecule has 3 atom stereocenters. The molecule has 13 heteroatoms. The first-order valence-corrected chi connectivity index (χ1v) is 21.4. The molecule has 0 bridgehead atoms. The third-order valence-electron chi connectivity index (χ3n) is 7.41. The zero-order chi connectivity index (χ0) is 28.1. The zero-order valence-electron chi connectivity index (χ0n) is 23.4. The lowest BCUT2D eigenvalue weighted by Crippen LogP contribution is -2.61. The minimum atomic E-state index is -5.62. The molecule has 0 aromatic rings. The molecule has 0 aliphatic heterocycles. The number of alkyl halides is 5. The van der Waals surface area contributed by atoms with Crippen molar-refractivity contribution < 1.29 is 44.4 Å². The van der Waals surface area contributed by atoms with Gasteiger partial charge in [-0.05, 0) is 50.4 Å². The molecule has 1 rings (SSSR count). The van der Waals surface area contributed by atoms with Gasteiger partial charge >= 0.3 is 20.9 Å². The molecule has 0 spiro atoms. The van der Waals surface area contributed by atoms with Gasteiger partial charge in [0.15, 0.2) is 8.32 Å². The van der Waals surface area contributed by atoms with E-state index >= 15 is 0 Å². The van der Waals surface area contributed by atoms with Gasteiger partial charge in [-0.2, -0.15) is 22.0 Å². The Kier molecular flexibility index (Phi) is 12.3. The van der Waals surface area contributed by atoms with Crippen LogP contribution in [0.4, 0.5) is 22.0 Å². The first-order valence-electron chi connectivity index (χ1n) is 12.7. The van der Waals surface area contributed by atoms with Crippen LogP contribution in [0, 0.1) is 0 Å². The Labute approximate surface area is 217 Å². The average Bonchev–Trinajstić information content (AvgIpc) is 2.97. The number of ether oxygens (including phenoxy) is 1. The van der Waals surface area contributed by atoms with Crippen LogP contribution in [0.25, 0.3) is 0 Å². The van der Waals surface area contributed by atoms with Crippen molar-refractivity contribution >= 4 is 25.2 Å². The van der Waals surface area contributed by atoms with E-state index in [0.29, 0.717) is 12.8 Å². The van der Waals surface area contributed by atoms with Crippen molar-refractivity contribution in [1.29, 1.82) is 0 Å². The molecular weight excluding hydrogens is 535 g/mol. The number of hydrogen-bond acceptors (Lipinski definition) is 5. The fraction of sp³-hybridized carbons (Fsp3) is 1.00. The Morgan fingerprint density at radius 3 is 1.86 bits per heavy atom. The lowest BCUT2D eigenvalue weighted by molar-refractivity contribution is -0.296.